The Kier molecular flexibility index (Phi) is 5.71. The Morgan fingerprint density at radius 3 is 2.82 bits per heavy atom. The smallest absolute Gasteiger partial charge is 0.404 e. The lowest BCUT2D eigenvalue weighted by molar-refractivity contribution is -0.116. The fourth-order valence-corrected chi connectivity index (χ4v) is 2.16. The Morgan fingerprint density at radius 2 is 2.00 bits per heavy atom. The van der Waals surface area contributed by atoms with Gasteiger partial charge in [0.1, 0.15) is 0 Å². The van der Waals surface area contributed by atoms with Crippen LogP contribution in [0.25, 0.3) is 10.9 Å². The van der Waals surface area contributed by atoms with Gasteiger partial charge in [0.2, 0.25) is 5.91 Å². The molecular weight excluding hydrogens is 282 g/mol. The second-order valence-corrected chi connectivity index (χ2v) is 5.00. The number of nitrogens with one attached hydrogen (secondary N) is 2. The van der Waals surface area contributed by atoms with Gasteiger partial charge in [0.15, 0.2) is 0 Å². The minimum Gasteiger partial charge on any atom is -0.465 e. The zero-order chi connectivity index (χ0) is 15.8. The maximum Gasteiger partial charge on any atom is 0.404 e. The van der Waals surface area contributed by atoms with Crippen molar-refractivity contribution in [2.75, 3.05) is 11.9 Å². The number of carboxylic acid groups (broad SMARTS) is 1. The van der Waals surface area contributed by atoms with Gasteiger partial charge in [-0.05, 0) is 37.1 Å². The third-order valence-corrected chi connectivity index (χ3v) is 3.24. The predicted octanol–water partition coefficient (Wildman–Crippen LogP) is 3.00. The van der Waals surface area contributed by atoms with E-state index in [1.54, 1.807) is 6.20 Å². The molecule has 2 amide bonds. The molecule has 1 heterocycles. The lowest BCUT2D eigenvalue weighted by atomic mass is 10.1. The maximum atomic E-state index is 11.9. The highest BCUT2D eigenvalue weighted by Crippen LogP contribution is 2.17. The lowest BCUT2D eigenvalue weighted by Gasteiger charge is -2.06. The first-order chi connectivity index (χ1) is 10.6. The standard InChI is InChI=1S/C16H19N3O3/c20-15(6-2-1-3-9-18-16(21)22)19-13-7-8-14-12(11-13)5-4-10-17-14/h4-5,7-8,10-11,18H,1-3,6,9H2,(H,19,20)(H,21,22). The number of fused-ring (bicyclic) bond motifs is 1. The molecule has 0 unspecified atom stereocenters. The zero-order valence-electron chi connectivity index (χ0n) is 12.2. The number of anilines is 1. The Bertz CT molecular complexity index is 658. The van der Waals surface area contributed by atoms with Gasteiger partial charge in [0.05, 0.1) is 5.52 Å². The number of carbonyl (C=O) groups excluding carboxylic acids is 1. The number of amides is 2. The molecule has 0 radical (unpaired) electrons. The van der Waals surface area contributed by atoms with E-state index in [1.807, 2.05) is 30.3 Å². The fraction of sp³-hybridized carbons (Fsp3) is 0.312. The summed E-state index contributed by atoms with van der Waals surface area (Å²) in [4.78, 5) is 26.3. The molecule has 1 aromatic carbocycles. The molecule has 0 aliphatic heterocycles. The van der Waals surface area contributed by atoms with Crippen molar-refractivity contribution in [1.82, 2.24) is 10.3 Å². The first kappa shape index (κ1) is 15.8. The Labute approximate surface area is 128 Å². The molecule has 116 valence electrons. The van der Waals surface area contributed by atoms with Gasteiger partial charge >= 0.3 is 6.09 Å². The van der Waals surface area contributed by atoms with Crippen molar-refractivity contribution in [2.24, 2.45) is 0 Å². The number of rotatable bonds is 7. The summed E-state index contributed by atoms with van der Waals surface area (Å²) >= 11 is 0. The largest absolute Gasteiger partial charge is 0.465 e. The molecule has 0 aliphatic carbocycles. The van der Waals surface area contributed by atoms with E-state index in [4.69, 9.17) is 5.11 Å². The van der Waals surface area contributed by atoms with Gasteiger partial charge in [-0.1, -0.05) is 12.5 Å². The molecule has 2 rings (SSSR count). The van der Waals surface area contributed by atoms with Crippen LogP contribution in [-0.4, -0.2) is 28.6 Å². The number of benzene rings is 1. The number of aromatic nitrogens is 1. The molecule has 2 aromatic rings. The summed E-state index contributed by atoms with van der Waals surface area (Å²) in [5.41, 5.74) is 1.66. The molecule has 0 bridgehead atoms. The van der Waals surface area contributed by atoms with Gasteiger partial charge in [0.25, 0.3) is 0 Å². The molecular formula is C16H19N3O3. The minimum absolute atomic E-state index is 0.0329. The molecule has 0 saturated heterocycles. The van der Waals surface area contributed by atoms with Crippen molar-refractivity contribution in [1.29, 1.82) is 0 Å². The average Bonchev–Trinajstić information content (AvgIpc) is 2.50. The van der Waals surface area contributed by atoms with Crippen LogP contribution in [0.4, 0.5) is 10.5 Å². The quantitative estimate of drug-likeness (QED) is 0.686. The van der Waals surface area contributed by atoms with Gasteiger partial charge in [-0.2, -0.15) is 0 Å². The summed E-state index contributed by atoms with van der Waals surface area (Å²) in [7, 11) is 0. The average molecular weight is 301 g/mol. The number of hydrogen-bond donors (Lipinski definition) is 3. The first-order valence-corrected chi connectivity index (χ1v) is 7.26. The van der Waals surface area contributed by atoms with Gasteiger partial charge in [-0.3, -0.25) is 9.78 Å². The third-order valence-electron chi connectivity index (χ3n) is 3.24. The number of nitrogens with zero attached hydrogens (tertiary/aromatic N) is 1. The summed E-state index contributed by atoms with van der Waals surface area (Å²) in [5, 5.41) is 14.6. The maximum absolute atomic E-state index is 11.9. The number of pyridine rings is 1. The van der Waals surface area contributed by atoms with Crippen molar-refractivity contribution in [3.8, 4) is 0 Å². The Hall–Kier alpha value is -2.63. The molecule has 0 fully saturated rings. The van der Waals surface area contributed by atoms with Crippen LogP contribution in [0.3, 0.4) is 0 Å². The highest BCUT2D eigenvalue weighted by Gasteiger charge is 2.03. The summed E-state index contributed by atoms with van der Waals surface area (Å²) < 4.78 is 0. The molecule has 6 nitrogen and oxygen atoms in total. The van der Waals surface area contributed by atoms with E-state index in [2.05, 4.69) is 15.6 Å². The van der Waals surface area contributed by atoms with Crippen LogP contribution >= 0.6 is 0 Å². The topological polar surface area (TPSA) is 91.3 Å². The van der Waals surface area contributed by atoms with Crippen LogP contribution in [0.2, 0.25) is 0 Å². The van der Waals surface area contributed by atoms with Gasteiger partial charge in [0, 0.05) is 30.2 Å². The van der Waals surface area contributed by atoms with E-state index in [9.17, 15) is 9.59 Å². The number of carbonyl (C=O) groups is 2. The van der Waals surface area contributed by atoms with Crippen LogP contribution in [-0.2, 0) is 4.79 Å². The van der Waals surface area contributed by atoms with Crippen LogP contribution in [0.1, 0.15) is 25.7 Å². The highest BCUT2D eigenvalue weighted by molar-refractivity contribution is 5.93. The summed E-state index contributed by atoms with van der Waals surface area (Å²) in [6.45, 7) is 0.425. The molecule has 3 N–H and O–H groups in total. The molecule has 0 atom stereocenters. The van der Waals surface area contributed by atoms with Crippen LogP contribution in [0.15, 0.2) is 36.5 Å². The summed E-state index contributed by atoms with van der Waals surface area (Å²) in [6.07, 6.45) is 3.44. The van der Waals surface area contributed by atoms with Crippen molar-refractivity contribution in [3.05, 3.63) is 36.5 Å². The Balaban J connectivity index is 1.73. The molecule has 6 heteroatoms. The van der Waals surface area contributed by atoms with E-state index in [0.717, 1.165) is 35.9 Å². The SMILES string of the molecule is O=C(O)NCCCCCC(=O)Nc1ccc2ncccc2c1. The van der Waals surface area contributed by atoms with Crippen LogP contribution < -0.4 is 10.6 Å². The molecule has 1 aromatic heterocycles. The van der Waals surface area contributed by atoms with Gasteiger partial charge < -0.3 is 15.7 Å². The van der Waals surface area contributed by atoms with E-state index in [-0.39, 0.29) is 5.91 Å². The van der Waals surface area contributed by atoms with E-state index < -0.39 is 6.09 Å². The van der Waals surface area contributed by atoms with Gasteiger partial charge in [-0.25, -0.2) is 4.79 Å². The Morgan fingerprint density at radius 1 is 1.14 bits per heavy atom. The van der Waals surface area contributed by atoms with Crippen molar-refractivity contribution in [3.63, 3.8) is 0 Å². The predicted molar refractivity (Wildman–Crippen MR) is 84.9 cm³/mol. The normalized spacial score (nSPS) is 10.4. The molecule has 0 saturated carbocycles. The third kappa shape index (κ3) is 5.05. The molecule has 22 heavy (non-hydrogen) atoms. The van der Waals surface area contributed by atoms with Gasteiger partial charge in [-0.15, -0.1) is 0 Å². The lowest BCUT2D eigenvalue weighted by Crippen LogP contribution is -2.21. The first-order valence-electron chi connectivity index (χ1n) is 7.26. The van der Waals surface area contributed by atoms with Crippen molar-refractivity contribution in [2.45, 2.75) is 25.7 Å². The molecule has 0 aliphatic rings. The number of unbranched alkanes of at least 4 members (excludes halogenated alkanes) is 2. The fourth-order valence-electron chi connectivity index (χ4n) is 2.16. The van der Waals surface area contributed by atoms with E-state index >= 15 is 0 Å². The van der Waals surface area contributed by atoms with Crippen LogP contribution in [0.5, 0.6) is 0 Å². The number of hydrogen-bond acceptors (Lipinski definition) is 3. The van der Waals surface area contributed by atoms with Crippen molar-refractivity contribution >= 4 is 28.6 Å². The van der Waals surface area contributed by atoms with E-state index in [0.29, 0.717) is 13.0 Å². The zero-order valence-corrected chi connectivity index (χ0v) is 12.2. The summed E-state index contributed by atoms with van der Waals surface area (Å²) in [6, 6.07) is 9.43. The highest BCUT2D eigenvalue weighted by atomic mass is 16.4. The van der Waals surface area contributed by atoms with Crippen molar-refractivity contribution < 1.29 is 14.7 Å². The van der Waals surface area contributed by atoms with E-state index in [1.165, 1.54) is 0 Å². The van der Waals surface area contributed by atoms with Crippen LogP contribution in [0, 0.1) is 0 Å². The summed E-state index contributed by atoms with van der Waals surface area (Å²) in [5.74, 6) is -0.0329. The molecule has 0 spiro atoms. The second-order valence-electron chi connectivity index (χ2n) is 5.00. The second kappa shape index (κ2) is 7.97. The monoisotopic (exact) mass is 301 g/mol. The minimum atomic E-state index is -1.01.